The van der Waals surface area contributed by atoms with E-state index in [2.05, 4.69) is 22.4 Å². The summed E-state index contributed by atoms with van der Waals surface area (Å²) in [5, 5.41) is 9.51. The van der Waals surface area contributed by atoms with Gasteiger partial charge in [0.2, 0.25) is 5.91 Å². The summed E-state index contributed by atoms with van der Waals surface area (Å²) in [5.74, 6) is 0.688. The zero-order valence-corrected chi connectivity index (χ0v) is 8.55. The van der Waals surface area contributed by atoms with Crippen molar-refractivity contribution in [3.63, 3.8) is 0 Å². The summed E-state index contributed by atoms with van der Waals surface area (Å²) in [5.41, 5.74) is 1.22. The van der Waals surface area contributed by atoms with Crippen molar-refractivity contribution < 1.29 is 4.79 Å². The van der Waals surface area contributed by atoms with E-state index in [0.717, 1.165) is 5.69 Å². The highest BCUT2D eigenvalue weighted by Crippen LogP contribution is 2.48. The molecular formula is C10H15N3O. The fourth-order valence-corrected chi connectivity index (χ4v) is 1.45. The van der Waals surface area contributed by atoms with E-state index in [1.807, 2.05) is 13.0 Å². The highest BCUT2D eigenvalue weighted by Gasteiger charge is 2.39. The monoisotopic (exact) mass is 193 g/mol. The Labute approximate surface area is 83.1 Å². The quantitative estimate of drug-likeness (QED) is 0.769. The number of nitrogens with one attached hydrogen (secondary N) is 2. The summed E-state index contributed by atoms with van der Waals surface area (Å²) in [6.07, 6.45) is 2.94. The van der Waals surface area contributed by atoms with Gasteiger partial charge in [0.1, 0.15) is 0 Å². The van der Waals surface area contributed by atoms with Crippen molar-refractivity contribution in [3.05, 3.63) is 11.8 Å². The first kappa shape index (κ1) is 9.24. The van der Waals surface area contributed by atoms with Gasteiger partial charge in [-0.15, -0.1) is 0 Å². The molecule has 0 spiro atoms. The van der Waals surface area contributed by atoms with E-state index in [-0.39, 0.29) is 11.3 Å². The maximum Gasteiger partial charge on any atom is 0.226 e. The number of anilines is 1. The normalized spacial score (nSPS) is 17.9. The first-order valence-electron chi connectivity index (χ1n) is 4.89. The number of aryl methyl sites for hydroxylation is 1. The van der Waals surface area contributed by atoms with Gasteiger partial charge in [-0.2, -0.15) is 5.10 Å². The van der Waals surface area contributed by atoms with Crippen molar-refractivity contribution in [3.8, 4) is 0 Å². The number of carbonyl (C=O) groups excluding carboxylic acids is 1. The molecule has 0 bridgehead atoms. The molecule has 1 aliphatic carbocycles. The minimum absolute atomic E-state index is 0.0662. The molecule has 1 aromatic rings. The van der Waals surface area contributed by atoms with Crippen LogP contribution in [0.1, 0.15) is 31.9 Å². The summed E-state index contributed by atoms with van der Waals surface area (Å²) < 4.78 is 0. The fraction of sp³-hybridized carbons (Fsp3) is 0.600. The SMILES string of the molecule is Cc1cc(NC(=O)CC2(C)CC2)n[nH]1. The highest BCUT2D eigenvalue weighted by molar-refractivity contribution is 5.90. The molecule has 76 valence electrons. The third-order valence-corrected chi connectivity index (χ3v) is 2.66. The molecule has 0 atom stereocenters. The van der Waals surface area contributed by atoms with Crippen LogP contribution in [0.25, 0.3) is 0 Å². The predicted octanol–water partition coefficient (Wildman–Crippen LogP) is 1.85. The lowest BCUT2D eigenvalue weighted by molar-refractivity contribution is -0.117. The number of hydrogen-bond acceptors (Lipinski definition) is 2. The Kier molecular flexibility index (Phi) is 2.06. The van der Waals surface area contributed by atoms with E-state index in [1.54, 1.807) is 0 Å². The van der Waals surface area contributed by atoms with Gasteiger partial charge in [0.05, 0.1) is 0 Å². The molecule has 2 N–H and O–H groups in total. The van der Waals surface area contributed by atoms with Gasteiger partial charge in [0.25, 0.3) is 0 Å². The number of carbonyl (C=O) groups is 1. The molecule has 14 heavy (non-hydrogen) atoms. The van der Waals surface area contributed by atoms with Gasteiger partial charge in [-0.1, -0.05) is 6.92 Å². The summed E-state index contributed by atoms with van der Waals surface area (Å²) in [6, 6.07) is 1.83. The predicted molar refractivity (Wildman–Crippen MR) is 53.9 cm³/mol. The van der Waals surface area contributed by atoms with Gasteiger partial charge < -0.3 is 5.32 Å². The van der Waals surface area contributed by atoms with Crippen LogP contribution in [0, 0.1) is 12.3 Å². The summed E-state index contributed by atoms with van der Waals surface area (Å²) in [4.78, 5) is 11.5. The minimum atomic E-state index is 0.0662. The number of amides is 1. The molecule has 1 fully saturated rings. The smallest absolute Gasteiger partial charge is 0.226 e. The van der Waals surface area contributed by atoms with Crippen molar-refractivity contribution in [2.75, 3.05) is 5.32 Å². The number of nitrogens with zero attached hydrogens (tertiary/aromatic N) is 1. The average molecular weight is 193 g/mol. The van der Waals surface area contributed by atoms with E-state index in [0.29, 0.717) is 12.2 Å². The molecule has 1 aromatic heterocycles. The van der Waals surface area contributed by atoms with Crippen LogP contribution in [0.15, 0.2) is 6.07 Å². The lowest BCUT2D eigenvalue weighted by Gasteiger charge is -2.06. The van der Waals surface area contributed by atoms with E-state index in [4.69, 9.17) is 0 Å². The zero-order valence-electron chi connectivity index (χ0n) is 8.55. The van der Waals surface area contributed by atoms with E-state index in [9.17, 15) is 4.79 Å². The molecule has 0 aromatic carbocycles. The first-order chi connectivity index (χ1) is 6.57. The van der Waals surface area contributed by atoms with Crippen molar-refractivity contribution in [2.24, 2.45) is 5.41 Å². The average Bonchev–Trinajstić information content (AvgIpc) is 2.64. The van der Waals surface area contributed by atoms with Gasteiger partial charge >= 0.3 is 0 Å². The molecule has 0 unspecified atom stereocenters. The van der Waals surface area contributed by atoms with Gasteiger partial charge in [0, 0.05) is 18.2 Å². The minimum Gasteiger partial charge on any atom is -0.309 e. The first-order valence-corrected chi connectivity index (χ1v) is 4.89. The molecular weight excluding hydrogens is 178 g/mol. The number of H-pyrrole nitrogens is 1. The van der Waals surface area contributed by atoms with E-state index < -0.39 is 0 Å². The molecule has 0 radical (unpaired) electrons. The molecule has 4 nitrogen and oxygen atoms in total. The molecule has 0 aliphatic heterocycles. The Balaban J connectivity index is 1.88. The second-order valence-electron chi connectivity index (χ2n) is 4.47. The second kappa shape index (κ2) is 3.12. The molecule has 1 saturated carbocycles. The van der Waals surface area contributed by atoms with Crippen molar-refractivity contribution in [1.29, 1.82) is 0 Å². The molecule has 1 aliphatic rings. The molecule has 4 heteroatoms. The van der Waals surface area contributed by atoms with Crippen LogP contribution in [0.5, 0.6) is 0 Å². The van der Waals surface area contributed by atoms with Gasteiger partial charge in [-0.3, -0.25) is 9.89 Å². The summed E-state index contributed by atoms with van der Waals surface area (Å²) >= 11 is 0. The molecule has 2 rings (SSSR count). The molecule has 1 heterocycles. The van der Waals surface area contributed by atoms with Crippen LogP contribution >= 0.6 is 0 Å². The fourth-order valence-electron chi connectivity index (χ4n) is 1.45. The number of aromatic nitrogens is 2. The zero-order chi connectivity index (χ0) is 10.2. The Bertz CT molecular complexity index is 352. The lowest BCUT2D eigenvalue weighted by atomic mass is 10.1. The van der Waals surface area contributed by atoms with E-state index in [1.165, 1.54) is 12.8 Å². The summed E-state index contributed by atoms with van der Waals surface area (Å²) in [7, 11) is 0. The van der Waals surface area contributed by atoms with Crippen molar-refractivity contribution in [2.45, 2.75) is 33.1 Å². The standard InChI is InChI=1S/C10H15N3O/c1-7-5-8(13-12-7)11-9(14)6-10(2)3-4-10/h5H,3-4,6H2,1-2H3,(H2,11,12,13,14). The van der Waals surface area contributed by atoms with Gasteiger partial charge in [-0.05, 0) is 25.2 Å². The Hall–Kier alpha value is -1.32. The van der Waals surface area contributed by atoms with Crippen LogP contribution in [0.2, 0.25) is 0 Å². The number of hydrogen-bond donors (Lipinski definition) is 2. The Morgan fingerprint density at radius 2 is 2.43 bits per heavy atom. The van der Waals surface area contributed by atoms with Crippen LogP contribution in [-0.2, 0) is 4.79 Å². The van der Waals surface area contributed by atoms with E-state index >= 15 is 0 Å². The summed E-state index contributed by atoms with van der Waals surface area (Å²) in [6.45, 7) is 4.05. The van der Waals surface area contributed by atoms with Crippen molar-refractivity contribution in [1.82, 2.24) is 10.2 Å². The van der Waals surface area contributed by atoms with Crippen LogP contribution in [0.4, 0.5) is 5.82 Å². The lowest BCUT2D eigenvalue weighted by Crippen LogP contribution is -2.15. The highest BCUT2D eigenvalue weighted by atomic mass is 16.1. The van der Waals surface area contributed by atoms with Crippen LogP contribution in [0.3, 0.4) is 0 Å². The maximum atomic E-state index is 11.5. The third kappa shape index (κ3) is 2.13. The van der Waals surface area contributed by atoms with Crippen molar-refractivity contribution >= 4 is 11.7 Å². The Morgan fingerprint density at radius 3 is 2.93 bits per heavy atom. The number of aromatic amines is 1. The van der Waals surface area contributed by atoms with Gasteiger partial charge in [0.15, 0.2) is 5.82 Å². The maximum absolute atomic E-state index is 11.5. The topological polar surface area (TPSA) is 57.8 Å². The number of rotatable bonds is 3. The second-order valence-corrected chi connectivity index (χ2v) is 4.47. The van der Waals surface area contributed by atoms with Gasteiger partial charge in [-0.25, -0.2) is 0 Å². The third-order valence-electron chi connectivity index (χ3n) is 2.66. The van der Waals surface area contributed by atoms with Crippen LogP contribution in [-0.4, -0.2) is 16.1 Å². The largest absolute Gasteiger partial charge is 0.309 e. The Morgan fingerprint density at radius 1 is 1.71 bits per heavy atom. The van der Waals surface area contributed by atoms with Crippen LogP contribution < -0.4 is 5.32 Å². The molecule has 0 saturated heterocycles. The molecule has 1 amide bonds.